The van der Waals surface area contributed by atoms with E-state index in [9.17, 15) is 4.79 Å². The minimum Gasteiger partial charge on any atom is -0.459 e. The number of hydrogen-bond donors (Lipinski definition) is 1. The van der Waals surface area contributed by atoms with Crippen molar-refractivity contribution in [1.29, 1.82) is 0 Å². The van der Waals surface area contributed by atoms with Crippen LogP contribution in [0.15, 0.2) is 65.7 Å². The zero-order valence-electron chi connectivity index (χ0n) is 18.2. The molecule has 0 fully saturated rings. The van der Waals surface area contributed by atoms with Gasteiger partial charge in [-0.25, -0.2) is 4.98 Å². The first-order valence-corrected chi connectivity index (χ1v) is 11.2. The Labute approximate surface area is 192 Å². The van der Waals surface area contributed by atoms with Gasteiger partial charge in [-0.1, -0.05) is 36.4 Å². The van der Waals surface area contributed by atoms with Crippen LogP contribution in [0.3, 0.4) is 0 Å². The summed E-state index contributed by atoms with van der Waals surface area (Å²) in [7, 11) is 0. The Bertz CT molecular complexity index is 969. The summed E-state index contributed by atoms with van der Waals surface area (Å²) in [6, 6.07) is 16.2. The number of hydrogen-bond acceptors (Lipinski definition) is 5. The number of nitrogens with zero attached hydrogens (tertiary/aromatic N) is 3. The molecule has 0 aliphatic rings. The van der Waals surface area contributed by atoms with Gasteiger partial charge in [0.05, 0.1) is 12.5 Å². The molecule has 2 aromatic carbocycles. The van der Waals surface area contributed by atoms with E-state index in [0.717, 1.165) is 22.1 Å². The number of benzene rings is 2. The average molecular weight is 485 g/mol. The monoisotopic (exact) mass is 484 g/mol. The molecular formula is C24H29BrN4O2. The highest BCUT2D eigenvalue weighted by Gasteiger charge is 2.27. The Morgan fingerprint density at radius 1 is 1.19 bits per heavy atom. The average Bonchev–Trinajstić information content (AvgIpc) is 3.23. The molecule has 0 aliphatic carbocycles. The maximum Gasteiger partial charge on any atom is 0.313 e. The van der Waals surface area contributed by atoms with Crippen LogP contribution in [0, 0.1) is 0 Å². The molecule has 0 bridgehead atoms. The molecule has 164 valence electrons. The molecule has 6 nitrogen and oxygen atoms in total. The van der Waals surface area contributed by atoms with Crippen LogP contribution in [0.25, 0.3) is 0 Å². The molecule has 0 saturated carbocycles. The minimum atomic E-state index is -0.526. The Hall–Kier alpha value is -2.67. The normalized spacial score (nSPS) is 12.4. The van der Waals surface area contributed by atoms with Crippen LogP contribution in [0.1, 0.15) is 44.2 Å². The number of nitrogens with one attached hydrogen (secondary N) is 1. The van der Waals surface area contributed by atoms with Gasteiger partial charge >= 0.3 is 5.97 Å². The predicted molar refractivity (Wildman–Crippen MR) is 126 cm³/mol. The van der Waals surface area contributed by atoms with Crippen LogP contribution >= 0.6 is 15.9 Å². The predicted octanol–water partition coefficient (Wildman–Crippen LogP) is 5.21. The molecule has 0 radical (unpaired) electrons. The summed E-state index contributed by atoms with van der Waals surface area (Å²) in [5, 5.41) is 7.49. The molecule has 1 atom stereocenters. The van der Waals surface area contributed by atoms with Crippen molar-refractivity contribution in [3.8, 4) is 0 Å². The first-order valence-electron chi connectivity index (χ1n) is 10.4. The summed E-state index contributed by atoms with van der Waals surface area (Å²) in [4.78, 5) is 17.0. The van der Waals surface area contributed by atoms with Gasteiger partial charge in [0.2, 0.25) is 0 Å². The Kier molecular flexibility index (Phi) is 7.85. The van der Waals surface area contributed by atoms with Crippen molar-refractivity contribution >= 4 is 27.6 Å². The molecule has 1 N–H and O–H groups in total. The molecule has 31 heavy (non-hydrogen) atoms. The second-order valence-corrected chi connectivity index (χ2v) is 9.29. The number of aryl methyl sites for hydroxylation is 1. The van der Waals surface area contributed by atoms with E-state index < -0.39 is 5.60 Å². The van der Waals surface area contributed by atoms with E-state index in [1.807, 2.05) is 57.2 Å². The van der Waals surface area contributed by atoms with Crippen LogP contribution in [-0.4, -0.2) is 32.9 Å². The van der Waals surface area contributed by atoms with Gasteiger partial charge in [-0.2, -0.15) is 5.10 Å². The zero-order chi connectivity index (χ0) is 22.3. The summed E-state index contributed by atoms with van der Waals surface area (Å²) in [5.74, 6) is -0.526. The van der Waals surface area contributed by atoms with Crippen LogP contribution in [0.2, 0.25) is 0 Å². The lowest BCUT2D eigenvalue weighted by molar-refractivity contribution is -0.156. The molecular weight excluding hydrogens is 456 g/mol. The fourth-order valence-corrected chi connectivity index (χ4v) is 3.83. The smallest absolute Gasteiger partial charge is 0.313 e. The zero-order valence-corrected chi connectivity index (χ0v) is 19.8. The Morgan fingerprint density at radius 2 is 1.97 bits per heavy atom. The van der Waals surface area contributed by atoms with Crippen LogP contribution in [-0.2, 0) is 22.5 Å². The first-order chi connectivity index (χ1) is 14.8. The molecule has 1 aromatic heterocycles. The van der Waals surface area contributed by atoms with Crippen LogP contribution in [0.4, 0.5) is 5.69 Å². The largest absolute Gasteiger partial charge is 0.459 e. The van der Waals surface area contributed by atoms with Gasteiger partial charge in [-0.3, -0.25) is 9.48 Å². The first kappa shape index (κ1) is 23.0. The highest BCUT2D eigenvalue weighted by atomic mass is 79.9. The van der Waals surface area contributed by atoms with Gasteiger partial charge in [0.1, 0.15) is 18.3 Å². The highest BCUT2D eigenvalue weighted by Crippen LogP contribution is 2.31. The van der Waals surface area contributed by atoms with Crippen molar-refractivity contribution in [2.75, 3.05) is 11.9 Å². The molecule has 1 unspecified atom stereocenters. The summed E-state index contributed by atoms with van der Waals surface area (Å²) >= 11 is 3.65. The van der Waals surface area contributed by atoms with Crippen molar-refractivity contribution in [3.05, 3.63) is 76.8 Å². The maximum atomic E-state index is 13.0. The van der Waals surface area contributed by atoms with Gasteiger partial charge in [0.25, 0.3) is 0 Å². The number of halogens is 1. The SMILES string of the molecule is CC(C)(C)OC(=O)C(CCc1ccccc1)c1ccc(NCCn2cncn2)c(Br)c1. The van der Waals surface area contributed by atoms with E-state index >= 15 is 0 Å². The maximum absolute atomic E-state index is 13.0. The number of carbonyl (C=O) groups is 1. The van der Waals surface area contributed by atoms with Gasteiger partial charge in [-0.15, -0.1) is 0 Å². The summed E-state index contributed by atoms with van der Waals surface area (Å²) in [6.45, 7) is 7.13. The van der Waals surface area contributed by atoms with Gasteiger partial charge < -0.3 is 10.1 Å². The van der Waals surface area contributed by atoms with Crippen LogP contribution < -0.4 is 5.32 Å². The molecule has 3 aromatic rings. The van der Waals surface area contributed by atoms with E-state index in [4.69, 9.17) is 4.74 Å². The molecule has 0 aliphatic heterocycles. The van der Waals surface area contributed by atoms with E-state index in [2.05, 4.69) is 43.5 Å². The van der Waals surface area contributed by atoms with Gasteiger partial charge in [0, 0.05) is 16.7 Å². The van der Waals surface area contributed by atoms with E-state index in [0.29, 0.717) is 19.5 Å². The van der Waals surface area contributed by atoms with Crippen molar-refractivity contribution < 1.29 is 9.53 Å². The van der Waals surface area contributed by atoms with E-state index in [1.54, 1.807) is 11.0 Å². The fraction of sp³-hybridized carbons (Fsp3) is 0.375. The Balaban J connectivity index is 1.72. The third kappa shape index (κ3) is 7.21. The summed E-state index contributed by atoms with van der Waals surface area (Å²) in [6.07, 6.45) is 4.71. The summed E-state index contributed by atoms with van der Waals surface area (Å²) < 4.78 is 8.42. The van der Waals surface area contributed by atoms with Crippen molar-refractivity contribution in [3.63, 3.8) is 0 Å². The topological polar surface area (TPSA) is 69.0 Å². The third-order valence-electron chi connectivity index (χ3n) is 4.77. The van der Waals surface area contributed by atoms with Gasteiger partial charge in [-0.05, 0) is 72.8 Å². The second-order valence-electron chi connectivity index (χ2n) is 8.43. The lowest BCUT2D eigenvalue weighted by Crippen LogP contribution is -2.28. The number of rotatable bonds is 9. The van der Waals surface area contributed by atoms with Crippen molar-refractivity contribution in [2.45, 2.75) is 51.7 Å². The molecule has 3 rings (SSSR count). The molecule has 0 spiro atoms. The number of esters is 1. The summed E-state index contributed by atoms with van der Waals surface area (Å²) in [5.41, 5.74) is 2.59. The third-order valence-corrected chi connectivity index (χ3v) is 5.43. The number of anilines is 1. The standard InChI is InChI=1S/C24H29BrN4O2/c1-24(2,3)31-23(30)20(11-9-18-7-5-4-6-8-18)19-10-12-22(21(25)15-19)27-13-14-29-17-26-16-28-29/h4-8,10,12,15-17,20,27H,9,11,13-14H2,1-3H3. The Morgan fingerprint density at radius 3 is 2.61 bits per heavy atom. The minimum absolute atomic E-state index is 0.192. The highest BCUT2D eigenvalue weighted by molar-refractivity contribution is 9.10. The van der Waals surface area contributed by atoms with E-state index in [-0.39, 0.29) is 11.9 Å². The number of ether oxygens (including phenoxy) is 1. The lowest BCUT2D eigenvalue weighted by atomic mass is 9.92. The molecule has 7 heteroatoms. The number of aromatic nitrogens is 3. The van der Waals surface area contributed by atoms with Gasteiger partial charge in [0.15, 0.2) is 0 Å². The quantitative estimate of drug-likeness (QED) is 0.422. The molecule has 1 heterocycles. The molecule has 0 saturated heterocycles. The molecule has 0 amide bonds. The lowest BCUT2D eigenvalue weighted by Gasteiger charge is -2.25. The fourth-order valence-electron chi connectivity index (χ4n) is 3.29. The van der Waals surface area contributed by atoms with Crippen LogP contribution in [0.5, 0.6) is 0 Å². The van der Waals surface area contributed by atoms with Crippen molar-refractivity contribution in [1.82, 2.24) is 14.8 Å². The second kappa shape index (κ2) is 10.6. The van der Waals surface area contributed by atoms with E-state index in [1.165, 1.54) is 11.9 Å². The number of carbonyl (C=O) groups excluding carboxylic acids is 1. The van der Waals surface area contributed by atoms with Crippen molar-refractivity contribution in [2.24, 2.45) is 0 Å².